The fraction of sp³-hybridized carbons (Fsp3) is 0.556. The van der Waals surface area contributed by atoms with Crippen LogP contribution in [-0.2, 0) is 6.42 Å². The molecule has 20 heavy (non-hydrogen) atoms. The Kier molecular flexibility index (Phi) is 5.81. The molecular weight excluding hydrogens is 244 g/mol. The normalized spacial score (nSPS) is 24.6. The van der Waals surface area contributed by atoms with Crippen molar-refractivity contribution in [1.29, 1.82) is 0 Å². The number of hydrogen-bond acceptors (Lipinski definition) is 2. The summed E-state index contributed by atoms with van der Waals surface area (Å²) in [7, 11) is 0. The van der Waals surface area contributed by atoms with E-state index in [-0.39, 0.29) is 0 Å². The minimum Gasteiger partial charge on any atom is -0.311 e. The van der Waals surface area contributed by atoms with Crippen molar-refractivity contribution in [3.05, 3.63) is 48.0 Å². The van der Waals surface area contributed by atoms with Gasteiger partial charge in [-0.15, -0.1) is 0 Å². The molecule has 1 aliphatic rings. The highest BCUT2D eigenvalue weighted by Gasteiger charge is 2.28. The first-order valence-electron chi connectivity index (χ1n) is 7.83. The number of nitrogens with zero attached hydrogens (tertiary/aromatic N) is 1. The van der Waals surface area contributed by atoms with Crippen LogP contribution in [0.2, 0.25) is 0 Å². The van der Waals surface area contributed by atoms with E-state index in [0.717, 1.165) is 26.1 Å². The quantitative estimate of drug-likeness (QED) is 0.829. The van der Waals surface area contributed by atoms with Crippen LogP contribution in [0, 0.1) is 5.92 Å². The molecule has 110 valence electrons. The predicted molar refractivity (Wildman–Crippen MR) is 86.9 cm³/mol. The largest absolute Gasteiger partial charge is 0.311 e. The molecule has 1 saturated heterocycles. The smallest absolute Gasteiger partial charge is 0.0265 e. The van der Waals surface area contributed by atoms with Gasteiger partial charge < -0.3 is 5.32 Å². The van der Waals surface area contributed by atoms with E-state index in [4.69, 9.17) is 0 Å². The van der Waals surface area contributed by atoms with E-state index < -0.39 is 0 Å². The number of piperazine rings is 1. The van der Waals surface area contributed by atoms with Crippen molar-refractivity contribution in [1.82, 2.24) is 10.2 Å². The maximum Gasteiger partial charge on any atom is 0.0265 e. The van der Waals surface area contributed by atoms with Crippen molar-refractivity contribution < 1.29 is 0 Å². The Hall–Kier alpha value is -1.12. The Labute approximate surface area is 123 Å². The summed E-state index contributed by atoms with van der Waals surface area (Å²) < 4.78 is 0. The van der Waals surface area contributed by atoms with Gasteiger partial charge in [-0.25, -0.2) is 0 Å². The maximum absolute atomic E-state index is 3.73. The molecule has 1 heterocycles. The lowest BCUT2D eigenvalue weighted by atomic mass is 9.96. The van der Waals surface area contributed by atoms with Crippen LogP contribution in [-0.4, -0.2) is 36.6 Å². The zero-order valence-corrected chi connectivity index (χ0v) is 13.0. The summed E-state index contributed by atoms with van der Waals surface area (Å²) in [5.74, 6) is 0.695. The second-order valence-corrected chi connectivity index (χ2v) is 6.13. The van der Waals surface area contributed by atoms with Crippen LogP contribution in [0.25, 0.3) is 0 Å². The van der Waals surface area contributed by atoms with Crippen LogP contribution in [0.5, 0.6) is 0 Å². The van der Waals surface area contributed by atoms with E-state index in [2.05, 4.69) is 73.5 Å². The van der Waals surface area contributed by atoms with Gasteiger partial charge in [-0.3, -0.25) is 4.90 Å². The Morgan fingerprint density at radius 3 is 2.70 bits per heavy atom. The van der Waals surface area contributed by atoms with Crippen LogP contribution in [0.4, 0.5) is 0 Å². The fourth-order valence-corrected chi connectivity index (χ4v) is 2.88. The SMILES string of the molecule is C/C=C/CN1CC(C(C)C)NCC1Cc1ccccc1. The molecule has 0 spiro atoms. The number of hydrogen-bond donors (Lipinski definition) is 1. The van der Waals surface area contributed by atoms with Crippen molar-refractivity contribution >= 4 is 0 Å². The summed E-state index contributed by atoms with van der Waals surface area (Å²) in [6.45, 7) is 10.0. The lowest BCUT2D eigenvalue weighted by Crippen LogP contribution is -2.58. The molecule has 1 aromatic carbocycles. The summed E-state index contributed by atoms with van der Waals surface area (Å²) in [6, 6.07) is 12.1. The van der Waals surface area contributed by atoms with E-state index in [0.29, 0.717) is 18.0 Å². The third-order valence-electron chi connectivity index (χ3n) is 4.26. The van der Waals surface area contributed by atoms with Gasteiger partial charge in [0.25, 0.3) is 0 Å². The first kappa shape index (κ1) is 15.3. The first-order chi connectivity index (χ1) is 9.70. The molecule has 2 atom stereocenters. The lowest BCUT2D eigenvalue weighted by Gasteiger charge is -2.41. The zero-order chi connectivity index (χ0) is 14.4. The highest BCUT2D eigenvalue weighted by Crippen LogP contribution is 2.16. The molecule has 2 heteroatoms. The van der Waals surface area contributed by atoms with Gasteiger partial charge in [0.1, 0.15) is 0 Å². The molecule has 0 aromatic heterocycles. The first-order valence-corrected chi connectivity index (χ1v) is 7.83. The van der Waals surface area contributed by atoms with Crippen molar-refractivity contribution in [2.24, 2.45) is 5.92 Å². The van der Waals surface area contributed by atoms with Crippen LogP contribution in [0.3, 0.4) is 0 Å². The van der Waals surface area contributed by atoms with E-state index in [1.165, 1.54) is 5.56 Å². The third-order valence-corrected chi connectivity index (χ3v) is 4.26. The Morgan fingerprint density at radius 1 is 1.30 bits per heavy atom. The van der Waals surface area contributed by atoms with Crippen LogP contribution < -0.4 is 5.32 Å². The monoisotopic (exact) mass is 272 g/mol. The summed E-state index contributed by atoms with van der Waals surface area (Å²) in [5.41, 5.74) is 1.44. The van der Waals surface area contributed by atoms with E-state index in [1.807, 2.05) is 0 Å². The molecule has 1 N–H and O–H groups in total. The highest BCUT2D eigenvalue weighted by atomic mass is 15.2. The Morgan fingerprint density at radius 2 is 2.05 bits per heavy atom. The van der Waals surface area contributed by atoms with E-state index in [9.17, 15) is 0 Å². The van der Waals surface area contributed by atoms with Gasteiger partial charge in [-0.05, 0) is 24.8 Å². The van der Waals surface area contributed by atoms with Gasteiger partial charge in [0.15, 0.2) is 0 Å². The Bertz CT molecular complexity index is 411. The van der Waals surface area contributed by atoms with Gasteiger partial charge in [-0.2, -0.15) is 0 Å². The molecule has 0 radical (unpaired) electrons. The summed E-state index contributed by atoms with van der Waals surface area (Å²) in [4.78, 5) is 2.63. The topological polar surface area (TPSA) is 15.3 Å². The third kappa shape index (κ3) is 4.19. The summed E-state index contributed by atoms with van der Waals surface area (Å²) in [6.07, 6.45) is 5.57. The number of allylic oxidation sites excluding steroid dienone is 1. The van der Waals surface area contributed by atoms with Gasteiger partial charge in [0, 0.05) is 31.7 Å². The summed E-state index contributed by atoms with van der Waals surface area (Å²) >= 11 is 0. The highest BCUT2D eigenvalue weighted by molar-refractivity contribution is 5.16. The van der Waals surface area contributed by atoms with Gasteiger partial charge in [-0.1, -0.05) is 56.3 Å². The molecule has 2 nitrogen and oxygen atoms in total. The molecule has 0 saturated carbocycles. The Balaban J connectivity index is 2.02. The predicted octanol–water partition coefficient (Wildman–Crippen LogP) is 3.10. The van der Waals surface area contributed by atoms with Crippen molar-refractivity contribution in [2.45, 2.75) is 39.3 Å². The van der Waals surface area contributed by atoms with Crippen LogP contribution >= 0.6 is 0 Å². The molecule has 1 aromatic rings. The second kappa shape index (κ2) is 7.61. The van der Waals surface area contributed by atoms with Gasteiger partial charge >= 0.3 is 0 Å². The standard InChI is InChI=1S/C18H28N2/c1-4-5-11-20-14-18(15(2)3)19-13-17(20)12-16-9-7-6-8-10-16/h4-10,15,17-19H,11-14H2,1-3H3/b5-4+. The second-order valence-electron chi connectivity index (χ2n) is 6.13. The van der Waals surface area contributed by atoms with Crippen LogP contribution in [0.15, 0.2) is 42.5 Å². The molecule has 0 aliphatic carbocycles. The van der Waals surface area contributed by atoms with Crippen molar-refractivity contribution in [3.8, 4) is 0 Å². The molecule has 1 aliphatic heterocycles. The molecule has 0 bridgehead atoms. The van der Waals surface area contributed by atoms with Gasteiger partial charge in [0.05, 0.1) is 0 Å². The average Bonchev–Trinajstić information content (AvgIpc) is 2.47. The lowest BCUT2D eigenvalue weighted by molar-refractivity contribution is 0.126. The number of rotatable bonds is 5. The molecule has 2 unspecified atom stereocenters. The summed E-state index contributed by atoms with van der Waals surface area (Å²) in [5, 5.41) is 3.73. The van der Waals surface area contributed by atoms with Crippen molar-refractivity contribution in [3.63, 3.8) is 0 Å². The number of benzene rings is 1. The van der Waals surface area contributed by atoms with Crippen molar-refractivity contribution in [2.75, 3.05) is 19.6 Å². The molecule has 1 fully saturated rings. The number of nitrogens with one attached hydrogen (secondary N) is 1. The zero-order valence-electron chi connectivity index (χ0n) is 13.0. The molecule has 0 amide bonds. The minimum atomic E-state index is 0.601. The molecular formula is C18H28N2. The average molecular weight is 272 g/mol. The minimum absolute atomic E-state index is 0.601. The van der Waals surface area contributed by atoms with E-state index in [1.54, 1.807) is 0 Å². The maximum atomic E-state index is 3.73. The fourth-order valence-electron chi connectivity index (χ4n) is 2.88. The van der Waals surface area contributed by atoms with Gasteiger partial charge in [0.2, 0.25) is 0 Å². The van der Waals surface area contributed by atoms with E-state index >= 15 is 0 Å². The molecule has 2 rings (SSSR count). The van der Waals surface area contributed by atoms with Crippen LogP contribution in [0.1, 0.15) is 26.3 Å².